The Bertz CT molecular complexity index is 809. The van der Waals surface area contributed by atoms with E-state index in [1.807, 2.05) is 0 Å². The Kier molecular flexibility index (Phi) is 4.81. The number of carbonyl (C=O) groups excluding carboxylic acids is 2. The highest BCUT2D eigenvalue weighted by atomic mass is 19.1. The van der Waals surface area contributed by atoms with Crippen molar-refractivity contribution >= 4 is 11.8 Å². The van der Waals surface area contributed by atoms with Crippen LogP contribution in [0.2, 0.25) is 0 Å². The molecule has 1 aliphatic rings. The Hall–Kier alpha value is -2.73. The summed E-state index contributed by atoms with van der Waals surface area (Å²) in [5, 5.41) is 10.00. The minimum Gasteiger partial charge on any atom is -0.391 e. The zero-order chi connectivity index (χ0) is 18.0. The quantitative estimate of drug-likeness (QED) is 0.889. The first kappa shape index (κ1) is 17.1. The number of aliphatic hydroxyl groups excluding tert-OH is 1. The number of likely N-dealkylation sites (tertiary alicyclic amines) is 1. The topological polar surface area (TPSA) is 83.6 Å². The molecule has 0 unspecified atom stereocenters. The molecule has 0 aliphatic carbocycles. The second kappa shape index (κ2) is 7.03. The number of carbonyl (C=O) groups is 2. The highest BCUT2D eigenvalue weighted by Gasteiger charge is 2.35. The first-order chi connectivity index (χ1) is 12.0. The fourth-order valence-electron chi connectivity index (χ4n) is 3.30. The van der Waals surface area contributed by atoms with Crippen LogP contribution in [0.4, 0.5) is 4.39 Å². The summed E-state index contributed by atoms with van der Waals surface area (Å²) >= 11 is 0. The Balaban J connectivity index is 1.84. The lowest BCUT2D eigenvalue weighted by atomic mass is 10.0. The fraction of sp³-hybridized carbons (Fsp3) is 0.263. The zero-order valence-electron chi connectivity index (χ0n) is 13.6. The molecule has 2 aromatic rings. The number of hydrogen-bond acceptors (Lipinski definition) is 3. The number of rotatable bonds is 4. The molecule has 5 nitrogen and oxygen atoms in total. The summed E-state index contributed by atoms with van der Waals surface area (Å²) in [6.07, 6.45) is -0.312. The van der Waals surface area contributed by atoms with Gasteiger partial charge in [-0.2, -0.15) is 0 Å². The molecule has 2 amide bonds. The van der Waals surface area contributed by atoms with Gasteiger partial charge in [0.05, 0.1) is 18.6 Å². The molecule has 3 rings (SSSR count). The molecule has 0 bridgehead atoms. The van der Waals surface area contributed by atoms with E-state index in [-0.39, 0.29) is 30.7 Å². The van der Waals surface area contributed by atoms with Crippen LogP contribution >= 0.6 is 0 Å². The van der Waals surface area contributed by atoms with Gasteiger partial charge in [0.2, 0.25) is 11.8 Å². The van der Waals surface area contributed by atoms with Crippen LogP contribution < -0.4 is 5.73 Å². The molecule has 25 heavy (non-hydrogen) atoms. The SMILES string of the molecule is NC(=O)c1ccccc1CC(=O)N1C[C@H](O)C[C@H]1c1cccc(F)c1. The standard InChI is InChI=1S/C19H19FN2O3/c20-14-6-3-5-13(8-14)17-10-15(23)11-22(17)18(24)9-12-4-1-2-7-16(12)19(21)25/h1-8,15,17,23H,9-11H2,(H2,21,25)/t15-,17+/m1/s1. The van der Waals surface area contributed by atoms with Crippen LogP contribution in [0, 0.1) is 5.82 Å². The van der Waals surface area contributed by atoms with Crippen LogP contribution in [-0.2, 0) is 11.2 Å². The first-order valence-corrected chi connectivity index (χ1v) is 8.06. The van der Waals surface area contributed by atoms with Crippen molar-refractivity contribution in [3.05, 3.63) is 71.0 Å². The summed E-state index contributed by atoms with van der Waals surface area (Å²) in [4.78, 5) is 25.8. The second-order valence-electron chi connectivity index (χ2n) is 6.20. The largest absolute Gasteiger partial charge is 0.391 e. The smallest absolute Gasteiger partial charge is 0.248 e. The van der Waals surface area contributed by atoms with Crippen molar-refractivity contribution in [2.45, 2.75) is 25.0 Å². The van der Waals surface area contributed by atoms with E-state index in [0.717, 1.165) is 0 Å². The Morgan fingerprint density at radius 2 is 1.96 bits per heavy atom. The lowest BCUT2D eigenvalue weighted by Crippen LogP contribution is -2.33. The van der Waals surface area contributed by atoms with Gasteiger partial charge >= 0.3 is 0 Å². The number of aliphatic hydroxyl groups is 1. The van der Waals surface area contributed by atoms with Crippen molar-refractivity contribution in [2.24, 2.45) is 5.73 Å². The lowest BCUT2D eigenvalue weighted by molar-refractivity contribution is -0.131. The van der Waals surface area contributed by atoms with Crippen molar-refractivity contribution in [3.8, 4) is 0 Å². The summed E-state index contributed by atoms with van der Waals surface area (Å²) in [7, 11) is 0. The molecule has 1 heterocycles. The second-order valence-corrected chi connectivity index (χ2v) is 6.20. The summed E-state index contributed by atoms with van der Waals surface area (Å²) in [6, 6.07) is 12.3. The fourth-order valence-corrected chi connectivity index (χ4v) is 3.30. The average molecular weight is 342 g/mol. The van der Waals surface area contributed by atoms with Crippen molar-refractivity contribution in [1.82, 2.24) is 4.90 Å². The van der Waals surface area contributed by atoms with Gasteiger partial charge in [-0.25, -0.2) is 4.39 Å². The van der Waals surface area contributed by atoms with E-state index in [1.54, 1.807) is 36.4 Å². The number of hydrogen-bond donors (Lipinski definition) is 2. The molecule has 0 radical (unpaired) electrons. The Morgan fingerprint density at radius 1 is 1.20 bits per heavy atom. The Labute approximate surface area is 144 Å². The number of amides is 2. The van der Waals surface area contributed by atoms with Crippen LogP contribution in [0.1, 0.15) is 33.9 Å². The third kappa shape index (κ3) is 3.69. The third-order valence-electron chi connectivity index (χ3n) is 4.46. The van der Waals surface area contributed by atoms with Crippen LogP contribution in [0.5, 0.6) is 0 Å². The van der Waals surface area contributed by atoms with E-state index in [0.29, 0.717) is 23.1 Å². The summed E-state index contributed by atoms with van der Waals surface area (Å²) in [5.41, 5.74) is 6.85. The van der Waals surface area contributed by atoms with Crippen molar-refractivity contribution in [1.29, 1.82) is 0 Å². The molecule has 2 atom stereocenters. The highest BCUT2D eigenvalue weighted by molar-refractivity contribution is 5.95. The predicted octanol–water partition coefficient (Wildman–Crippen LogP) is 1.80. The maximum Gasteiger partial charge on any atom is 0.248 e. The van der Waals surface area contributed by atoms with Gasteiger partial charge in [0.15, 0.2) is 0 Å². The van der Waals surface area contributed by atoms with Crippen LogP contribution in [-0.4, -0.2) is 34.5 Å². The lowest BCUT2D eigenvalue weighted by Gasteiger charge is -2.25. The van der Waals surface area contributed by atoms with E-state index in [1.165, 1.54) is 17.0 Å². The molecular weight excluding hydrogens is 323 g/mol. The van der Waals surface area contributed by atoms with Crippen LogP contribution in [0.25, 0.3) is 0 Å². The predicted molar refractivity (Wildman–Crippen MR) is 90.1 cm³/mol. The average Bonchev–Trinajstić information content (AvgIpc) is 2.97. The summed E-state index contributed by atoms with van der Waals surface area (Å²) < 4.78 is 13.5. The number of nitrogens with zero attached hydrogens (tertiary/aromatic N) is 1. The highest BCUT2D eigenvalue weighted by Crippen LogP contribution is 2.33. The van der Waals surface area contributed by atoms with Crippen LogP contribution in [0.15, 0.2) is 48.5 Å². The van der Waals surface area contributed by atoms with E-state index in [4.69, 9.17) is 5.73 Å². The maximum absolute atomic E-state index is 13.5. The van der Waals surface area contributed by atoms with Crippen molar-refractivity contribution < 1.29 is 19.1 Å². The monoisotopic (exact) mass is 342 g/mol. The molecule has 1 aliphatic heterocycles. The molecule has 0 saturated carbocycles. The minimum absolute atomic E-state index is 0.00233. The molecule has 2 aromatic carbocycles. The number of β-amino-alcohol motifs (C(OH)–C–C–N with tert-alkyl or cyclic N) is 1. The normalized spacial score (nSPS) is 19.8. The Morgan fingerprint density at radius 3 is 2.68 bits per heavy atom. The molecule has 6 heteroatoms. The van der Waals surface area contributed by atoms with Gasteiger partial charge < -0.3 is 15.7 Å². The molecule has 1 fully saturated rings. The number of benzene rings is 2. The van der Waals surface area contributed by atoms with Crippen molar-refractivity contribution in [2.75, 3.05) is 6.54 Å². The van der Waals surface area contributed by atoms with E-state index < -0.39 is 12.0 Å². The number of nitrogens with two attached hydrogens (primary N) is 1. The van der Waals surface area contributed by atoms with Gasteiger partial charge in [0.25, 0.3) is 0 Å². The van der Waals surface area contributed by atoms with E-state index in [2.05, 4.69) is 0 Å². The van der Waals surface area contributed by atoms with Crippen molar-refractivity contribution in [3.63, 3.8) is 0 Å². The molecule has 3 N–H and O–H groups in total. The van der Waals surface area contributed by atoms with Gasteiger partial charge in [-0.05, 0) is 35.7 Å². The van der Waals surface area contributed by atoms with Gasteiger partial charge in [-0.3, -0.25) is 9.59 Å². The summed E-state index contributed by atoms with van der Waals surface area (Å²) in [6.45, 7) is 0.179. The van der Waals surface area contributed by atoms with Gasteiger partial charge in [-0.15, -0.1) is 0 Å². The van der Waals surface area contributed by atoms with Gasteiger partial charge in [0, 0.05) is 12.1 Å². The number of halogens is 1. The molecular formula is C19H19FN2O3. The van der Waals surface area contributed by atoms with E-state index in [9.17, 15) is 19.1 Å². The van der Waals surface area contributed by atoms with Gasteiger partial charge in [-0.1, -0.05) is 30.3 Å². The van der Waals surface area contributed by atoms with Gasteiger partial charge in [0.1, 0.15) is 5.82 Å². The molecule has 0 aromatic heterocycles. The third-order valence-corrected chi connectivity index (χ3v) is 4.46. The molecule has 0 spiro atoms. The number of primary amides is 1. The zero-order valence-corrected chi connectivity index (χ0v) is 13.6. The van der Waals surface area contributed by atoms with Crippen LogP contribution in [0.3, 0.4) is 0 Å². The maximum atomic E-state index is 13.5. The minimum atomic E-state index is -0.663. The first-order valence-electron chi connectivity index (χ1n) is 8.06. The molecule has 130 valence electrons. The van der Waals surface area contributed by atoms with E-state index >= 15 is 0 Å². The molecule has 1 saturated heterocycles. The summed E-state index contributed by atoms with van der Waals surface area (Å²) in [5.74, 6) is -1.21.